The molecule has 4 aromatic rings. The smallest absolute Gasteiger partial charge is 0.255 e. The molecule has 0 bridgehead atoms. The van der Waals surface area contributed by atoms with Crippen molar-refractivity contribution in [2.45, 2.75) is 6.92 Å². The van der Waals surface area contributed by atoms with Crippen molar-refractivity contribution in [1.29, 1.82) is 0 Å². The number of aromatic nitrogens is 1. The van der Waals surface area contributed by atoms with E-state index in [1.807, 2.05) is 61.5 Å². The van der Waals surface area contributed by atoms with Gasteiger partial charge in [0.15, 0.2) is 0 Å². The molecule has 1 aliphatic rings. The fourth-order valence-electron chi connectivity index (χ4n) is 5.00. The fraction of sp³-hybridized carbons (Fsp3) is 0.226. The first-order valence-corrected chi connectivity index (χ1v) is 13.6. The molecule has 9 heteroatoms. The van der Waals surface area contributed by atoms with Crippen LogP contribution in [0, 0.1) is 6.92 Å². The zero-order valence-electron chi connectivity index (χ0n) is 22.5. The highest BCUT2D eigenvalue weighted by molar-refractivity contribution is 6.36. The van der Waals surface area contributed by atoms with Crippen LogP contribution < -0.4 is 9.47 Å². The molecular weight excluding hydrogens is 549 g/mol. The van der Waals surface area contributed by atoms with Gasteiger partial charge in [-0.2, -0.15) is 0 Å². The van der Waals surface area contributed by atoms with Gasteiger partial charge in [-0.05, 0) is 73.2 Å². The van der Waals surface area contributed by atoms with Gasteiger partial charge in [-0.25, -0.2) is 0 Å². The molecule has 3 aromatic carbocycles. The molecule has 0 atom stereocenters. The number of hydrogen-bond donors (Lipinski definition) is 0. The van der Waals surface area contributed by atoms with E-state index in [1.54, 1.807) is 42.2 Å². The third-order valence-corrected chi connectivity index (χ3v) is 7.74. The molecule has 0 radical (unpaired) electrons. The summed E-state index contributed by atoms with van der Waals surface area (Å²) in [7, 11) is 3.26. The van der Waals surface area contributed by atoms with Crippen molar-refractivity contribution >= 4 is 35.0 Å². The lowest BCUT2D eigenvalue weighted by atomic mass is 10.1. The zero-order chi connectivity index (χ0) is 28.4. The van der Waals surface area contributed by atoms with E-state index in [2.05, 4.69) is 4.57 Å². The van der Waals surface area contributed by atoms with Gasteiger partial charge in [0, 0.05) is 48.6 Å². The van der Waals surface area contributed by atoms with Crippen LogP contribution in [0.4, 0.5) is 0 Å². The lowest BCUT2D eigenvalue weighted by Gasteiger charge is -2.35. The average Bonchev–Trinajstić information content (AvgIpc) is 3.33. The van der Waals surface area contributed by atoms with Gasteiger partial charge in [0.05, 0.1) is 36.1 Å². The number of amides is 2. The lowest BCUT2D eigenvalue weighted by Crippen LogP contribution is -2.50. The zero-order valence-corrected chi connectivity index (χ0v) is 24.0. The van der Waals surface area contributed by atoms with E-state index in [0.29, 0.717) is 47.4 Å². The standard InChI is InChI=1S/C31H29Cl2N3O4/c1-20-27(31(38)35-15-13-34(14-16-35)30(37)26-12-9-22(32)17-28(26)33)19-29(21-7-10-24(39-2)11-8-21)36(20)23-5-4-6-25(18-23)40-3/h4-12,17-19H,13-16H2,1-3H3. The first-order valence-electron chi connectivity index (χ1n) is 12.9. The summed E-state index contributed by atoms with van der Waals surface area (Å²) in [6.45, 7) is 3.59. The van der Waals surface area contributed by atoms with Crippen LogP contribution in [0.3, 0.4) is 0 Å². The molecule has 1 aliphatic heterocycles. The summed E-state index contributed by atoms with van der Waals surface area (Å²) >= 11 is 12.2. The number of halogens is 2. The summed E-state index contributed by atoms with van der Waals surface area (Å²) in [4.78, 5) is 30.4. The summed E-state index contributed by atoms with van der Waals surface area (Å²) in [5.41, 5.74) is 4.53. The Hall–Kier alpha value is -3.94. The summed E-state index contributed by atoms with van der Waals surface area (Å²) in [6, 6.07) is 22.3. The van der Waals surface area contributed by atoms with Crippen LogP contribution in [0.1, 0.15) is 26.4 Å². The van der Waals surface area contributed by atoms with Crippen molar-refractivity contribution in [2.24, 2.45) is 0 Å². The third-order valence-electron chi connectivity index (χ3n) is 7.19. The van der Waals surface area contributed by atoms with Crippen LogP contribution in [0.2, 0.25) is 10.0 Å². The van der Waals surface area contributed by atoms with E-state index in [1.165, 1.54) is 0 Å². The second-order valence-corrected chi connectivity index (χ2v) is 10.3. The highest BCUT2D eigenvalue weighted by Gasteiger charge is 2.29. The molecule has 206 valence electrons. The second kappa shape index (κ2) is 11.7. The van der Waals surface area contributed by atoms with Gasteiger partial charge in [0.1, 0.15) is 11.5 Å². The molecule has 0 N–H and O–H groups in total. The Morgan fingerprint density at radius 2 is 1.35 bits per heavy atom. The quantitative estimate of drug-likeness (QED) is 0.267. The first kappa shape index (κ1) is 27.6. The Morgan fingerprint density at radius 1 is 0.725 bits per heavy atom. The minimum Gasteiger partial charge on any atom is -0.497 e. The van der Waals surface area contributed by atoms with Crippen LogP contribution in [-0.4, -0.2) is 66.6 Å². The van der Waals surface area contributed by atoms with Crippen molar-refractivity contribution in [3.05, 3.63) is 99.7 Å². The van der Waals surface area contributed by atoms with Gasteiger partial charge in [0.25, 0.3) is 11.8 Å². The Kier molecular flexibility index (Phi) is 8.05. The Labute approximate surface area is 243 Å². The molecule has 2 heterocycles. The third kappa shape index (κ3) is 5.40. The molecule has 1 fully saturated rings. The molecule has 1 aromatic heterocycles. The molecule has 0 spiro atoms. The molecule has 2 amide bonds. The number of methoxy groups -OCH3 is 2. The van der Waals surface area contributed by atoms with Gasteiger partial charge in [-0.3, -0.25) is 9.59 Å². The maximum absolute atomic E-state index is 13.8. The summed E-state index contributed by atoms with van der Waals surface area (Å²) in [6.07, 6.45) is 0. The minimum absolute atomic E-state index is 0.0782. The van der Waals surface area contributed by atoms with Crippen LogP contribution in [-0.2, 0) is 0 Å². The van der Waals surface area contributed by atoms with Crippen molar-refractivity contribution in [2.75, 3.05) is 40.4 Å². The van der Waals surface area contributed by atoms with Crippen molar-refractivity contribution in [3.8, 4) is 28.4 Å². The summed E-state index contributed by atoms with van der Waals surface area (Å²) in [5.74, 6) is 1.23. The van der Waals surface area contributed by atoms with Crippen LogP contribution >= 0.6 is 23.2 Å². The predicted molar refractivity (Wildman–Crippen MR) is 157 cm³/mol. The Bertz CT molecular complexity index is 1560. The van der Waals surface area contributed by atoms with E-state index in [0.717, 1.165) is 34.1 Å². The summed E-state index contributed by atoms with van der Waals surface area (Å²) in [5, 5.41) is 0.791. The second-order valence-electron chi connectivity index (χ2n) is 9.50. The van der Waals surface area contributed by atoms with E-state index >= 15 is 0 Å². The fourth-order valence-corrected chi connectivity index (χ4v) is 5.49. The minimum atomic E-state index is -0.170. The van der Waals surface area contributed by atoms with Crippen LogP contribution in [0.5, 0.6) is 11.5 Å². The van der Waals surface area contributed by atoms with Crippen molar-refractivity contribution in [1.82, 2.24) is 14.4 Å². The Balaban J connectivity index is 1.43. The van der Waals surface area contributed by atoms with E-state index < -0.39 is 0 Å². The molecule has 40 heavy (non-hydrogen) atoms. The highest BCUT2D eigenvalue weighted by Crippen LogP contribution is 2.33. The topological polar surface area (TPSA) is 64.0 Å². The Morgan fingerprint density at radius 3 is 1.95 bits per heavy atom. The SMILES string of the molecule is COc1ccc(-c2cc(C(=O)N3CCN(C(=O)c4ccc(Cl)cc4Cl)CC3)c(C)n2-c2cccc(OC)c2)cc1. The largest absolute Gasteiger partial charge is 0.497 e. The maximum Gasteiger partial charge on any atom is 0.255 e. The number of nitrogens with zero attached hydrogens (tertiary/aromatic N) is 3. The van der Waals surface area contributed by atoms with Gasteiger partial charge < -0.3 is 23.8 Å². The van der Waals surface area contributed by atoms with Crippen molar-refractivity contribution in [3.63, 3.8) is 0 Å². The van der Waals surface area contributed by atoms with Crippen molar-refractivity contribution < 1.29 is 19.1 Å². The molecule has 7 nitrogen and oxygen atoms in total. The molecule has 1 saturated heterocycles. The summed E-state index contributed by atoms with van der Waals surface area (Å²) < 4.78 is 12.9. The van der Waals surface area contributed by atoms with E-state index in [4.69, 9.17) is 32.7 Å². The maximum atomic E-state index is 13.8. The number of hydrogen-bond acceptors (Lipinski definition) is 4. The monoisotopic (exact) mass is 577 g/mol. The number of rotatable bonds is 6. The van der Waals surface area contributed by atoms with E-state index in [-0.39, 0.29) is 11.8 Å². The van der Waals surface area contributed by atoms with Gasteiger partial charge in [0.2, 0.25) is 0 Å². The highest BCUT2D eigenvalue weighted by atomic mass is 35.5. The molecule has 0 saturated carbocycles. The predicted octanol–water partition coefficient (Wildman–Crippen LogP) is 6.37. The average molecular weight is 578 g/mol. The van der Waals surface area contributed by atoms with Gasteiger partial charge >= 0.3 is 0 Å². The molecule has 0 unspecified atom stereocenters. The van der Waals surface area contributed by atoms with Crippen LogP contribution in [0.25, 0.3) is 16.9 Å². The number of benzene rings is 3. The number of piperazine rings is 1. The number of carbonyl (C=O) groups is 2. The normalized spacial score (nSPS) is 13.3. The van der Waals surface area contributed by atoms with Gasteiger partial charge in [-0.1, -0.05) is 29.3 Å². The van der Waals surface area contributed by atoms with Gasteiger partial charge in [-0.15, -0.1) is 0 Å². The van der Waals surface area contributed by atoms with Crippen LogP contribution in [0.15, 0.2) is 72.8 Å². The number of carbonyl (C=O) groups excluding carboxylic acids is 2. The lowest BCUT2D eigenvalue weighted by molar-refractivity contribution is 0.0535. The van der Waals surface area contributed by atoms with E-state index in [9.17, 15) is 9.59 Å². The molecule has 5 rings (SSSR count). The first-order chi connectivity index (χ1) is 19.3. The number of ether oxygens (including phenoxy) is 2. The molecule has 0 aliphatic carbocycles. The molecular formula is C31H29Cl2N3O4.